The molecule has 2 heterocycles. The molecule has 0 radical (unpaired) electrons. The number of carbonyl (C=O) groups is 1. The Bertz CT molecular complexity index is 386. The van der Waals surface area contributed by atoms with Gasteiger partial charge in [0, 0.05) is 19.6 Å². The van der Waals surface area contributed by atoms with Crippen LogP contribution in [0.1, 0.15) is 31.4 Å². The second kappa shape index (κ2) is 8.07. The highest BCUT2D eigenvalue weighted by molar-refractivity contribution is 5.66. The topological polar surface area (TPSA) is 56.9 Å². The molecule has 1 aromatic heterocycles. The van der Waals surface area contributed by atoms with Crippen molar-refractivity contribution in [2.45, 2.75) is 32.2 Å². The number of carboxylic acids is 1. The molecule has 0 atom stereocenters. The third-order valence-electron chi connectivity index (χ3n) is 3.78. The Morgan fingerprint density at radius 3 is 2.75 bits per heavy atom. The number of hydrogen-bond acceptors (Lipinski definition) is 4. The number of furan rings is 1. The Morgan fingerprint density at radius 1 is 1.30 bits per heavy atom. The van der Waals surface area contributed by atoms with Crippen LogP contribution in [0.3, 0.4) is 0 Å². The van der Waals surface area contributed by atoms with Crippen molar-refractivity contribution in [3.05, 3.63) is 24.2 Å². The zero-order chi connectivity index (χ0) is 14.2. The fraction of sp³-hybridized carbons (Fsp3) is 0.667. The number of carboxylic acid groups (broad SMARTS) is 1. The van der Waals surface area contributed by atoms with E-state index >= 15 is 0 Å². The molecule has 1 aliphatic rings. The van der Waals surface area contributed by atoms with Crippen LogP contribution in [0, 0.1) is 0 Å². The van der Waals surface area contributed by atoms with Gasteiger partial charge < -0.3 is 14.4 Å². The molecule has 1 fully saturated rings. The highest BCUT2D eigenvalue weighted by Crippen LogP contribution is 2.10. The second-order valence-corrected chi connectivity index (χ2v) is 5.40. The zero-order valence-corrected chi connectivity index (χ0v) is 12.0. The van der Waals surface area contributed by atoms with E-state index in [1.807, 2.05) is 12.1 Å². The monoisotopic (exact) mass is 280 g/mol. The summed E-state index contributed by atoms with van der Waals surface area (Å²) in [5, 5.41) is 8.84. The van der Waals surface area contributed by atoms with Crippen LogP contribution in [0.15, 0.2) is 22.8 Å². The largest absolute Gasteiger partial charge is 0.481 e. The van der Waals surface area contributed by atoms with Crippen molar-refractivity contribution >= 4 is 5.97 Å². The molecule has 5 nitrogen and oxygen atoms in total. The smallest absolute Gasteiger partial charge is 0.304 e. The molecule has 0 unspecified atom stereocenters. The van der Waals surface area contributed by atoms with E-state index in [-0.39, 0.29) is 6.42 Å². The molecule has 1 N–H and O–H groups in total. The summed E-state index contributed by atoms with van der Waals surface area (Å²) in [5.74, 6) is 0.154. The Morgan fingerprint density at radius 2 is 2.10 bits per heavy atom. The van der Waals surface area contributed by atoms with E-state index in [1.165, 1.54) is 32.4 Å². The molecule has 1 aliphatic heterocycles. The van der Waals surface area contributed by atoms with Crippen molar-refractivity contribution in [3.8, 4) is 0 Å². The van der Waals surface area contributed by atoms with Crippen LogP contribution in [0.4, 0.5) is 0 Å². The van der Waals surface area contributed by atoms with Gasteiger partial charge in [-0.3, -0.25) is 9.69 Å². The number of hydrogen-bond donors (Lipinski definition) is 1. The zero-order valence-electron chi connectivity index (χ0n) is 12.0. The number of aliphatic carboxylic acids is 1. The lowest BCUT2D eigenvalue weighted by Crippen LogP contribution is -2.38. The van der Waals surface area contributed by atoms with E-state index < -0.39 is 5.97 Å². The first-order chi connectivity index (χ1) is 9.74. The van der Waals surface area contributed by atoms with Gasteiger partial charge in [0.1, 0.15) is 5.76 Å². The standard InChI is InChI=1S/C15H24N2O3/c18-15(19)6-9-17(13-14-5-4-12-20-14)11-10-16-7-2-1-3-8-16/h4-5,12H,1-3,6-11,13H2,(H,18,19). The van der Waals surface area contributed by atoms with Crippen LogP contribution >= 0.6 is 0 Å². The van der Waals surface area contributed by atoms with Gasteiger partial charge in [0.05, 0.1) is 19.2 Å². The first-order valence-electron chi connectivity index (χ1n) is 7.43. The fourth-order valence-corrected chi connectivity index (χ4v) is 2.61. The van der Waals surface area contributed by atoms with Crippen LogP contribution in [-0.2, 0) is 11.3 Å². The van der Waals surface area contributed by atoms with E-state index in [2.05, 4.69) is 9.80 Å². The van der Waals surface area contributed by atoms with Gasteiger partial charge in [-0.15, -0.1) is 0 Å². The van der Waals surface area contributed by atoms with Crippen molar-refractivity contribution < 1.29 is 14.3 Å². The summed E-state index contributed by atoms with van der Waals surface area (Å²) >= 11 is 0. The minimum Gasteiger partial charge on any atom is -0.481 e. The van der Waals surface area contributed by atoms with Crippen molar-refractivity contribution in [3.63, 3.8) is 0 Å². The maximum absolute atomic E-state index is 10.8. The van der Waals surface area contributed by atoms with Crippen LogP contribution in [0.2, 0.25) is 0 Å². The molecular weight excluding hydrogens is 256 g/mol. The molecular formula is C15H24N2O3. The van der Waals surface area contributed by atoms with Crippen molar-refractivity contribution in [2.24, 2.45) is 0 Å². The molecule has 1 saturated heterocycles. The average Bonchev–Trinajstić information content (AvgIpc) is 2.96. The summed E-state index contributed by atoms with van der Waals surface area (Å²) in [6, 6.07) is 3.81. The van der Waals surface area contributed by atoms with Crippen LogP contribution in [0.25, 0.3) is 0 Å². The third-order valence-corrected chi connectivity index (χ3v) is 3.78. The predicted molar refractivity (Wildman–Crippen MR) is 76.5 cm³/mol. The molecule has 0 aromatic carbocycles. The highest BCUT2D eigenvalue weighted by atomic mass is 16.4. The molecule has 0 amide bonds. The van der Waals surface area contributed by atoms with E-state index in [1.54, 1.807) is 6.26 Å². The first-order valence-corrected chi connectivity index (χ1v) is 7.43. The van der Waals surface area contributed by atoms with Gasteiger partial charge in [0.25, 0.3) is 0 Å². The Labute approximate surface area is 120 Å². The van der Waals surface area contributed by atoms with E-state index in [0.717, 1.165) is 18.8 Å². The molecule has 5 heteroatoms. The van der Waals surface area contributed by atoms with Crippen LogP contribution in [0.5, 0.6) is 0 Å². The predicted octanol–water partition coefficient (Wildman–Crippen LogP) is 2.04. The summed E-state index contributed by atoms with van der Waals surface area (Å²) in [6.07, 6.45) is 5.75. The van der Waals surface area contributed by atoms with Crippen molar-refractivity contribution in [1.82, 2.24) is 9.80 Å². The second-order valence-electron chi connectivity index (χ2n) is 5.40. The SMILES string of the molecule is O=C(O)CCN(CCN1CCCCC1)Cc1ccco1. The molecule has 1 aromatic rings. The summed E-state index contributed by atoms with van der Waals surface area (Å²) in [6.45, 7) is 5.52. The van der Waals surface area contributed by atoms with E-state index in [4.69, 9.17) is 9.52 Å². The maximum Gasteiger partial charge on any atom is 0.304 e. The van der Waals surface area contributed by atoms with Gasteiger partial charge in [-0.1, -0.05) is 6.42 Å². The maximum atomic E-state index is 10.8. The molecule has 20 heavy (non-hydrogen) atoms. The van der Waals surface area contributed by atoms with Gasteiger partial charge in [0.2, 0.25) is 0 Å². The number of nitrogens with zero attached hydrogens (tertiary/aromatic N) is 2. The van der Waals surface area contributed by atoms with E-state index in [9.17, 15) is 4.79 Å². The molecule has 0 bridgehead atoms. The normalized spacial score (nSPS) is 16.6. The average molecular weight is 280 g/mol. The molecule has 0 saturated carbocycles. The Hall–Kier alpha value is -1.33. The number of likely N-dealkylation sites (tertiary alicyclic amines) is 1. The lowest BCUT2D eigenvalue weighted by Gasteiger charge is -2.29. The van der Waals surface area contributed by atoms with Gasteiger partial charge in [-0.2, -0.15) is 0 Å². The minimum atomic E-state index is -0.743. The summed E-state index contributed by atoms with van der Waals surface area (Å²) in [5.41, 5.74) is 0. The van der Waals surface area contributed by atoms with Gasteiger partial charge in [0.15, 0.2) is 0 Å². The van der Waals surface area contributed by atoms with Gasteiger partial charge >= 0.3 is 5.97 Å². The first kappa shape index (κ1) is 15.1. The minimum absolute atomic E-state index is 0.181. The molecule has 112 valence electrons. The molecule has 0 aliphatic carbocycles. The highest BCUT2D eigenvalue weighted by Gasteiger charge is 2.14. The number of rotatable bonds is 8. The lowest BCUT2D eigenvalue weighted by atomic mass is 10.1. The van der Waals surface area contributed by atoms with Gasteiger partial charge in [-0.05, 0) is 38.1 Å². The molecule has 0 spiro atoms. The van der Waals surface area contributed by atoms with Crippen molar-refractivity contribution in [2.75, 3.05) is 32.7 Å². The van der Waals surface area contributed by atoms with Crippen LogP contribution in [-0.4, -0.2) is 53.6 Å². The summed E-state index contributed by atoms with van der Waals surface area (Å²) in [4.78, 5) is 15.4. The third kappa shape index (κ3) is 5.35. The van der Waals surface area contributed by atoms with Crippen LogP contribution < -0.4 is 0 Å². The summed E-state index contributed by atoms with van der Waals surface area (Å²) in [7, 11) is 0. The van der Waals surface area contributed by atoms with Gasteiger partial charge in [-0.25, -0.2) is 0 Å². The number of piperidine rings is 1. The lowest BCUT2D eigenvalue weighted by molar-refractivity contribution is -0.137. The van der Waals surface area contributed by atoms with E-state index in [0.29, 0.717) is 13.1 Å². The van der Waals surface area contributed by atoms with Crippen molar-refractivity contribution in [1.29, 1.82) is 0 Å². The fourth-order valence-electron chi connectivity index (χ4n) is 2.61. The Balaban J connectivity index is 1.79. The molecule has 2 rings (SSSR count). The quantitative estimate of drug-likeness (QED) is 0.789. The summed E-state index contributed by atoms with van der Waals surface area (Å²) < 4.78 is 5.36. The Kier molecular flexibility index (Phi) is 6.08.